The van der Waals surface area contributed by atoms with Crippen LogP contribution in [0.3, 0.4) is 0 Å². The molecule has 24 heteroatoms. The third kappa shape index (κ3) is 7.31. The third-order valence-corrected chi connectivity index (χ3v) is 19.3. The van der Waals surface area contributed by atoms with Gasteiger partial charge in [-0.25, -0.2) is 76.2 Å². The Balaban J connectivity index is 1.55. The molecule has 1 atom stereocenters. The van der Waals surface area contributed by atoms with Crippen LogP contribution in [0.15, 0.2) is 206 Å². The second kappa shape index (κ2) is 16.3. The van der Waals surface area contributed by atoms with E-state index < -0.39 is 148 Å². The van der Waals surface area contributed by atoms with Crippen molar-refractivity contribution in [3.63, 3.8) is 0 Å². The van der Waals surface area contributed by atoms with E-state index in [2.05, 4.69) is 29.9 Å². The van der Waals surface area contributed by atoms with Crippen molar-refractivity contribution in [2.45, 2.75) is 54.6 Å². The van der Waals surface area contributed by atoms with Crippen molar-refractivity contribution in [3.8, 4) is 0 Å². The Morgan fingerprint density at radius 1 is 0.288 bits per heavy atom. The van der Waals surface area contributed by atoms with Crippen molar-refractivity contribution in [3.05, 3.63) is 152 Å². The van der Waals surface area contributed by atoms with Crippen LogP contribution in [0.25, 0.3) is 33.1 Å². The minimum absolute atomic E-state index is 0.433. The first kappa shape index (κ1) is 44.4. The Morgan fingerprint density at radius 3 is 0.682 bits per heavy atom. The molecule has 3 heterocycles. The molecule has 0 saturated heterocycles. The Hall–Kier alpha value is -6.80. The van der Waals surface area contributed by atoms with Gasteiger partial charge in [-0.05, 0) is 60.7 Å². The van der Waals surface area contributed by atoms with E-state index in [0.29, 0.717) is 0 Å². The van der Waals surface area contributed by atoms with Crippen LogP contribution in [0.4, 0.5) is 0 Å². The van der Waals surface area contributed by atoms with Gasteiger partial charge in [0.05, 0.1) is 24.5 Å². The molecule has 1 unspecified atom stereocenters. The van der Waals surface area contributed by atoms with Crippen LogP contribution < -0.4 is 0 Å². The lowest BCUT2D eigenvalue weighted by atomic mass is 10.2. The fraction of sp³-hybridized carbons (Fsp3) is 0. The summed E-state index contributed by atoms with van der Waals surface area (Å²) in [7, 11) is -25.0. The summed E-state index contributed by atoms with van der Waals surface area (Å²) in [5.41, 5.74) is -4.53. The van der Waals surface area contributed by atoms with Gasteiger partial charge < -0.3 is 4.55 Å². The summed E-state index contributed by atoms with van der Waals surface area (Å²) >= 11 is -3.30. The molecule has 9 rings (SSSR count). The van der Waals surface area contributed by atoms with Crippen molar-refractivity contribution in [1.82, 2.24) is 29.9 Å². The van der Waals surface area contributed by atoms with E-state index in [0.717, 1.165) is 60.7 Å². The molecule has 0 bridgehead atoms. The zero-order valence-electron chi connectivity index (χ0n) is 33.0. The first-order valence-electron chi connectivity index (χ1n) is 18.7. The maximum Gasteiger partial charge on any atom is 0.226 e. The third-order valence-electron chi connectivity index (χ3n) is 9.88. The molecular weight excluding hydrogens is 973 g/mol. The molecule has 0 spiro atoms. The largest absolute Gasteiger partial charge is 0.301 e. The molecule has 18 nitrogen and oxygen atoms in total. The molecule has 1 N–H and O–H groups in total. The van der Waals surface area contributed by atoms with Crippen LogP contribution in [0.5, 0.6) is 0 Å². The molecular formula is C42H26N6O12S6. The standard InChI is InChI=1S/C42H26N6O12S6/c49-61(50)37-38(62(51,52)26-16-6-1-7-17-26)44-32-31(43-37)33-35(47-40(64(55,56)28-20-10-3-11-21-28)39(45-33)63(53,54)27-18-8-2-9-19-27)36-34(32)46-41(65(57,58)29-22-12-4-13-23-29)42(48-36)66(59,60)30-24-14-5-15-25-30/h1-25H,(H,49,50). The highest BCUT2D eigenvalue weighted by Gasteiger charge is 2.39. The molecule has 332 valence electrons. The Morgan fingerprint density at radius 2 is 0.470 bits per heavy atom. The summed E-state index contributed by atoms with van der Waals surface area (Å²) in [5.74, 6) is 0. The van der Waals surface area contributed by atoms with Crippen LogP contribution >= 0.6 is 0 Å². The van der Waals surface area contributed by atoms with E-state index in [4.69, 9.17) is 0 Å². The summed E-state index contributed by atoms with van der Waals surface area (Å²) in [6.07, 6.45) is 0. The van der Waals surface area contributed by atoms with Gasteiger partial charge in [0.1, 0.15) is 33.1 Å². The van der Waals surface area contributed by atoms with Crippen LogP contribution in [0.1, 0.15) is 0 Å². The smallest absolute Gasteiger partial charge is 0.226 e. The topological polar surface area (TPSA) is 285 Å². The molecule has 3 aromatic heterocycles. The van der Waals surface area contributed by atoms with Gasteiger partial charge in [-0.2, -0.15) is 0 Å². The molecule has 9 aromatic rings. The quantitative estimate of drug-likeness (QED) is 0.128. The molecule has 0 amide bonds. The van der Waals surface area contributed by atoms with Crippen molar-refractivity contribution in [2.75, 3.05) is 0 Å². The summed E-state index contributed by atoms with van der Waals surface area (Å²) in [6, 6.07) is 32.4. The number of hydrogen-bond acceptors (Lipinski definition) is 17. The zero-order chi connectivity index (χ0) is 46.8. The maximum atomic E-state index is 14.6. The molecule has 0 fully saturated rings. The highest BCUT2D eigenvalue weighted by Crippen LogP contribution is 2.39. The van der Waals surface area contributed by atoms with Gasteiger partial charge in [0.15, 0.2) is 30.2 Å². The van der Waals surface area contributed by atoms with Crippen LogP contribution in [-0.4, -0.2) is 80.8 Å². The van der Waals surface area contributed by atoms with Crippen LogP contribution in [0, 0.1) is 0 Å². The van der Waals surface area contributed by atoms with Crippen LogP contribution in [0.2, 0.25) is 0 Å². The number of sulfone groups is 5. The second-order valence-corrected chi connectivity index (χ2v) is 24.1. The van der Waals surface area contributed by atoms with Crippen LogP contribution in [-0.2, 0) is 60.3 Å². The Bertz CT molecular complexity index is 3960. The van der Waals surface area contributed by atoms with Gasteiger partial charge in [0.2, 0.25) is 60.3 Å². The zero-order valence-corrected chi connectivity index (χ0v) is 37.9. The fourth-order valence-corrected chi connectivity index (χ4v) is 15.1. The predicted molar refractivity (Wildman–Crippen MR) is 234 cm³/mol. The van der Waals surface area contributed by atoms with Gasteiger partial charge in [-0.3, -0.25) is 0 Å². The first-order chi connectivity index (χ1) is 31.4. The van der Waals surface area contributed by atoms with Gasteiger partial charge >= 0.3 is 0 Å². The predicted octanol–water partition coefficient (Wildman–Crippen LogP) is 5.26. The van der Waals surface area contributed by atoms with Crippen molar-refractivity contribution in [2.24, 2.45) is 0 Å². The van der Waals surface area contributed by atoms with E-state index >= 15 is 0 Å². The minimum Gasteiger partial charge on any atom is -0.301 e. The summed E-state index contributed by atoms with van der Waals surface area (Å²) < 4.78 is 169. The second-order valence-electron chi connectivity index (χ2n) is 13.9. The first-order valence-corrected chi connectivity index (χ1v) is 27.3. The lowest BCUT2D eigenvalue weighted by Gasteiger charge is -2.16. The van der Waals surface area contributed by atoms with E-state index in [-0.39, 0.29) is 0 Å². The Labute approximate surface area is 378 Å². The van der Waals surface area contributed by atoms with Crippen molar-refractivity contribution >= 4 is 93.4 Å². The maximum absolute atomic E-state index is 14.6. The SMILES string of the molecule is O=S(O)c1nc2c(nc1S(=O)(=O)c1ccccc1)c1nc(S(=O)(=O)c3ccccc3)c(S(=O)(=O)c3ccccc3)nc1c1nc(S(=O)(=O)c3ccccc3)c(S(=O)(=O)c3ccccc3)nc21. The molecule has 0 aliphatic rings. The van der Waals surface area contributed by atoms with E-state index in [1.165, 1.54) is 91.0 Å². The lowest BCUT2D eigenvalue weighted by Crippen LogP contribution is -2.18. The minimum atomic E-state index is -5.03. The summed E-state index contributed by atoms with van der Waals surface area (Å²) in [5, 5.41) is -7.08. The number of fused-ring (bicyclic) bond motifs is 6. The van der Waals surface area contributed by atoms with Gasteiger partial charge in [-0.1, -0.05) is 91.0 Å². The lowest BCUT2D eigenvalue weighted by molar-refractivity contribution is 0.550. The average molecular weight is 999 g/mol. The fourth-order valence-electron chi connectivity index (χ4n) is 6.75. The highest BCUT2D eigenvalue weighted by molar-refractivity contribution is 7.95. The molecule has 0 saturated carbocycles. The molecule has 66 heavy (non-hydrogen) atoms. The molecule has 0 aliphatic carbocycles. The molecule has 0 aliphatic heterocycles. The van der Waals surface area contributed by atoms with E-state index in [9.17, 15) is 50.9 Å². The van der Waals surface area contributed by atoms with Gasteiger partial charge in [0, 0.05) is 0 Å². The van der Waals surface area contributed by atoms with E-state index in [1.807, 2.05) is 0 Å². The summed E-state index contributed by atoms with van der Waals surface area (Å²) in [6.45, 7) is 0. The van der Waals surface area contributed by atoms with Gasteiger partial charge in [0.25, 0.3) is 0 Å². The normalized spacial score (nSPS) is 13.2. The van der Waals surface area contributed by atoms with Crippen molar-refractivity contribution in [1.29, 1.82) is 0 Å². The summed E-state index contributed by atoms with van der Waals surface area (Å²) in [4.78, 5) is 23.5. The Kier molecular flexibility index (Phi) is 10.9. The number of aromatic nitrogens is 6. The van der Waals surface area contributed by atoms with Crippen molar-refractivity contribution < 1.29 is 50.9 Å². The molecule has 6 aromatic carbocycles. The average Bonchev–Trinajstić information content (AvgIpc) is 3.34. The van der Waals surface area contributed by atoms with Gasteiger partial charge in [-0.15, -0.1) is 0 Å². The highest BCUT2D eigenvalue weighted by atomic mass is 32.2. The number of rotatable bonds is 11. The number of hydrogen-bond donors (Lipinski definition) is 1. The molecule has 0 radical (unpaired) electrons. The van der Waals surface area contributed by atoms with E-state index in [1.54, 1.807) is 0 Å². The monoisotopic (exact) mass is 998 g/mol. The number of benzene rings is 6. The number of nitrogens with zero attached hydrogens (tertiary/aromatic N) is 6.